The van der Waals surface area contributed by atoms with Gasteiger partial charge in [-0.15, -0.1) is 0 Å². The molecule has 10 heteroatoms. The molecule has 2 rings (SSSR count). The van der Waals surface area contributed by atoms with Gasteiger partial charge in [0.25, 0.3) is 15.7 Å². The molecule has 0 aromatic heterocycles. The first kappa shape index (κ1) is 20.2. The molecular formula is C17H17N3O6S. The second-order valence-electron chi connectivity index (χ2n) is 5.26. The van der Waals surface area contributed by atoms with E-state index in [0.29, 0.717) is 11.3 Å². The zero-order valence-corrected chi connectivity index (χ0v) is 15.3. The van der Waals surface area contributed by atoms with E-state index >= 15 is 0 Å². The highest BCUT2D eigenvalue weighted by molar-refractivity contribution is 7.89. The molecule has 0 fully saturated rings. The molecule has 2 aromatic rings. The third-order valence-corrected chi connectivity index (χ3v) is 5.26. The number of hydrogen-bond acceptors (Lipinski definition) is 6. The van der Waals surface area contributed by atoms with Crippen molar-refractivity contribution >= 4 is 33.4 Å². The fraction of sp³-hybridized carbons (Fsp3) is 0.118. The topological polar surface area (TPSA) is 119 Å². The largest absolute Gasteiger partial charge is 0.323 e. The van der Waals surface area contributed by atoms with Gasteiger partial charge in [-0.05, 0) is 36.4 Å². The van der Waals surface area contributed by atoms with E-state index in [-0.39, 0.29) is 10.6 Å². The quantitative estimate of drug-likeness (QED) is 0.440. The molecule has 0 unspecified atom stereocenters. The molecule has 0 radical (unpaired) electrons. The van der Waals surface area contributed by atoms with Gasteiger partial charge < -0.3 is 5.32 Å². The van der Waals surface area contributed by atoms with Crippen LogP contribution in [0.25, 0.3) is 6.08 Å². The van der Waals surface area contributed by atoms with Crippen molar-refractivity contribution in [2.45, 2.75) is 4.90 Å². The van der Waals surface area contributed by atoms with Gasteiger partial charge in [0.05, 0.1) is 22.5 Å². The summed E-state index contributed by atoms with van der Waals surface area (Å²) in [5, 5.41) is 13.5. The highest BCUT2D eigenvalue weighted by atomic mass is 32.2. The zero-order chi connectivity index (χ0) is 20.0. The Hall–Kier alpha value is -3.08. The standard InChI is InChI=1S/C17H17N3O6S/c1-19(26-2)27(24,25)15-10-8-14(9-11-15)18-17(21)12-7-13-5-3-4-6-16(13)20(22)23/h3-12H,1-2H3,(H,18,21)/b12-7+. The van der Waals surface area contributed by atoms with E-state index in [9.17, 15) is 23.3 Å². The lowest BCUT2D eigenvalue weighted by Crippen LogP contribution is -2.25. The van der Waals surface area contributed by atoms with Gasteiger partial charge in [0.2, 0.25) is 5.91 Å². The summed E-state index contributed by atoms with van der Waals surface area (Å²) >= 11 is 0. The van der Waals surface area contributed by atoms with E-state index in [1.165, 1.54) is 62.7 Å². The minimum Gasteiger partial charge on any atom is -0.323 e. The number of rotatable bonds is 7. The molecular weight excluding hydrogens is 374 g/mol. The number of sulfonamides is 1. The highest BCUT2D eigenvalue weighted by Crippen LogP contribution is 2.20. The van der Waals surface area contributed by atoms with Gasteiger partial charge in [0.15, 0.2) is 0 Å². The second-order valence-corrected chi connectivity index (χ2v) is 7.20. The van der Waals surface area contributed by atoms with E-state index in [0.717, 1.165) is 10.5 Å². The average Bonchev–Trinajstić information content (AvgIpc) is 2.66. The Morgan fingerprint density at radius 1 is 1.19 bits per heavy atom. The van der Waals surface area contributed by atoms with Gasteiger partial charge in [-0.25, -0.2) is 8.42 Å². The van der Waals surface area contributed by atoms with Crippen LogP contribution in [0.2, 0.25) is 0 Å². The minimum absolute atomic E-state index is 0.000279. The number of nitrogens with one attached hydrogen (secondary N) is 1. The summed E-state index contributed by atoms with van der Waals surface area (Å²) in [7, 11) is -1.28. The highest BCUT2D eigenvalue weighted by Gasteiger charge is 2.20. The Morgan fingerprint density at radius 2 is 1.81 bits per heavy atom. The van der Waals surface area contributed by atoms with Crippen molar-refractivity contribution in [1.82, 2.24) is 4.47 Å². The minimum atomic E-state index is -3.77. The van der Waals surface area contributed by atoms with Gasteiger partial charge >= 0.3 is 0 Å². The van der Waals surface area contributed by atoms with Crippen molar-refractivity contribution in [3.05, 3.63) is 70.3 Å². The normalized spacial score (nSPS) is 11.7. The number of anilines is 1. The molecule has 0 aliphatic heterocycles. The Balaban J connectivity index is 2.10. The first-order valence-electron chi connectivity index (χ1n) is 7.61. The van der Waals surface area contributed by atoms with Crippen LogP contribution in [-0.2, 0) is 19.7 Å². The maximum atomic E-state index is 12.1. The average molecular weight is 391 g/mol. The summed E-state index contributed by atoms with van der Waals surface area (Å²) in [6.45, 7) is 0. The number of hydrogen-bond donors (Lipinski definition) is 1. The third kappa shape index (κ3) is 4.97. The van der Waals surface area contributed by atoms with Crippen LogP contribution in [-0.4, -0.2) is 37.9 Å². The van der Waals surface area contributed by atoms with Crippen molar-refractivity contribution in [3.8, 4) is 0 Å². The first-order valence-corrected chi connectivity index (χ1v) is 9.05. The van der Waals surface area contributed by atoms with Gasteiger partial charge in [-0.1, -0.05) is 16.6 Å². The molecule has 27 heavy (non-hydrogen) atoms. The number of hydroxylamine groups is 1. The molecule has 0 atom stereocenters. The molecule has 1 amide bonds. The number of nitrogens with zero attached hydrogens (tertiary/aromatic N) is 2. The summed E-state index contributed by atoms with van der Waals surface area (Å²) in [6.07, 6.45) is 2.49. The molecule has 9 nitrogen and oxygen atoms in total. The number of amides is 1. The van der Waals surface area contributed by atoms with Crippen LogP contribution in [0.4, 0.5) is 11.4 Å². The van der Waals surface area contributed by atoms with Crippen LogP contribution in [0, 0.1) is 10.1 Å². The predicted octanol–water partition coefficient (Wildman–Crippen LogP) is 2.43. The van der Waals surface area contributed by atoms with E-state index in [1.807, 2.05) is 0 Å². The van der Waals surface area contributed by atoms with Crippen LogP contribution in [0.15, 0.2) is 59.5 Å². The number of nitro benzene ring substituents is 1. The summed E-state index contributed by atoms with van der Waals surface area (Å²) in [6, 6.07) is 11.5. The van der Waals surface area contributed by atoms with Crippen molar-refractivity contribution in [1.29, 1.82) is 0 Å². The Labute approximate surface area is 156 Å². The predicted molar refractivity (Wildman–Crippen MR) is 99.2 cm³/mol. The Bertz CT molecular complexity index is 970. The first-order chi connectivity index (χ1) is 12.8. The molecule has 1 N–H and O–H groups in total. The van der Waals surface area contributed by atoms with E-state index < -0.39 is 20.9 Å². The van der Waals surface area contributed by atoms with Crippen molar-refractivity contribution in [2.75, 3.05) is 19.5 Å². The monoisotopic (exact) mass is 391 g/mol. The molecule has 142 valence electrons. The van der Waals surface area contributed by atoms with Gasteiger partial charge in [-0.3, -0.25) is 19.7 Å². The maximum Gasteiger partial charge on any atom is 0.276 e. The van der Waals surface area contributed by atoms with Crippen LogP contribution in [0.1, 0.15) is 5.56 Å². The number of nitro groups is 1. The molecule has 0 spiro atoms. The van der Waals surface area contributed by atoms with Gasteiger partial charge in [0.1, 0.15) is 0 Å². The number of para-hydroxylation sites is 1. The summed E-state index contributed by atoms with van der Waals surface area (Å²) < 4.78 is 24.9. The Morgan fingerprint density at radius 3 is 2.41 bits per heavy atom. The van der Waals surface area contributed by atoms with Crippen molar-refractivity contribution in [3.63, 3.8) is 0 Å². The number of carbonyl (C=O) groups excluding carboxylic acids is 1. The molecule has 0 saturated carbocycles. The molecule has 0 saturated heterocycles. The third-order valence-electron chi connectivity index (χ3n) is 3.56. The molecule has 0 bridgehead atoms. The SMILES string of the molecule is CON(C)S(=O)(=O)c1ccc(NC(=O)/C=C/c2ccccc2[N+](=O)[O-])cc1. The zero-order valence-electron chi connectivity index (χ0n) is 14.5. The molecule has 0 aliphatic rings. The molecule has 2 aromatic carbocycles. The second kappa shape index (κ2) is 8.54. The van der Waals surface area contributed by atoms with Gasteiger partial charge in [0, 0.05) is 24.9 Å². The lowest BCUT2D eigenvalue weighted by Gasteiger charge is -2.14. The van der Waals surface area contributed by atoms with Crippen LogP contribution >= 0.6 is 0 Å². The maximum absolute atomic E-state index is 12.1. The molecule has 0 aliphatic carbocycles. The van der Waals surface area contributed by atoms with Crippen molar-refractivity contribution in [2.24, 2.45) is 0 Å². The van der Waals surface area contributed by atoms with Crippen LogP contribution in [0.3, 0.4) is 0 Å². The van der Waals surface area contributed by atoms with E-state index in [4.69, 9.17) is 0 Å². The summed E-state index contributed by atoms with van der Waals surface area (Å²) in [5.74, 6) is -0.516. The lowest BCUT2D eigenvalue weighted by atomic mass is 10.1. The molecule has 0 heterocycles. The summed E-state index contributed by atoms with van der Waals surface area (Å²) in [4.78, 5) is 27.1. The smallest absolute Gasteiger partial charge is 0.276 e. The summed E-state index contributed by atoms with van der Waals surface area (Å²) in [5.41, 5.74) is 0.547. The van der Waals surface area contributed by atoms with Crippen LogP contribution < -0.4 is 5.32 Å². The fourth-order valence-electron chi connectivity index (χ4n) is 2.10. The van der Waals surface area contributed by atoms with E-state index in [1.54, 1.807) is 6.07 Å². The van der Waals surface area contributed by atoms with Crippen LogP contribution in [0.5, 0.6) is 0 Å². The number of carbonyl (C=O) groups is 1. The van der Waals surface area contributed by atoms with Gasteiger partial charge in [-0.2, -0.15) is 0 Å². The Kier molecular flexibility index (Phi) is 6.40. The van der Waals surface area contributed by atoms with E-state index in [2.05, 4.69) is 10.2 Å². The lowest BCUT2D eigenvalue weighted by molar-refractivity contribution is -0.385. The fourth-order valence-corrected chi connectivity index (χ4v) is 3.07. The van der Waals surface area contributed by atoms with Crippen molar-refractivity contribution < 1.29 is 23.0 Å². The number of benzene rings is 2.